The van der Waals surface area contributed by atoms with Crippen LogP contribution in [-0.4, -0.2) is 21.7 Å². The number of H-pyrrole nitrogens is 1. The van der Waals surface area contributed by atoms with E-state index in [1.54, 1.807) is 0 Å². The Hall–Kier alpha value is -0.700. The molecule has 0 aromatic carbocycles. The molecule has 0 aliphatic heterocycles. The van der Waals surface area contributed by atoms with Crippen LogP contribution >= 0.6 is 11.8 Å². The number of rotatable bonds is 10. The molecule has 3 heteroatoms. The molecule has 1 N–H and O–H groups in total. The maximum atomic E-state index is 4.35. The summed E-state index contributed by atoms with van der Waals surface area (Å²) in [6, 6.07) is 2.16. The molecule has 1 aromatic heterocycles. The van der Waals surface area contributed by atoms with E-state index in [2.05, 4.69) is 74.8 Å². The highest BCUT2D eigenvalue weighted by Crippen LogP contribution is 2.20. The van der Waals surface area contributed by atoms with Crippen LogP contribution in [0.2, 0.25) is 0 Å². The molecule has 1 aromatic rings. The van der Waals surface area contributed by atoms with Gasteiger partial charge in [-0.05, 0) is 48.8 Å². The van der Waals surface area contributed by atoms with Gasteiger partial charge in [0.2, 0.25) is 0 Å². The highest BCUT2D eigenvalue weighted by Gasteiger charge is 2.15. The summed E-state index contributed by atoms with van der Waals surface area (Å²) < 4.78 is 0. The molecular weight excluding hydrogens is 288 g/mol. The second-order valence-electron chi connectivity index (χ2n) is 7.53. The summed E-state index contributed by atoms with van der Waals surface area (Å²) in [6.45, 7) is 11.2. The zero-order chi connectivity index (χ0) is 16.4. The van der Waals surface area contributed by atoms with E-state index in [-0.39, 0.29) is 5.41 Å². The maximum Gasteiger partial charge on any atom is 0.0848 e. The lowest BCUT2D eigenvalue weighted by Crippen LogP contribution is -2.11. The van der Waals surface area contributed by atoms with Crippen molar-refractivity contribution >= 4 is 17.8 Å². The Morgan fingerprint density at radius 2 is 1.91 bits per heavy atom. The van der Waals surface area contributed by atoms with E-state index in [0.29, 0.717) is 0 Å². The third-order valence-corrected chi connectivity index (χ3v) is 5.03. The Morgan fingerprint density at radius 3 is 2.55 bits per heavy atom. The summed E-state index contributed by atoms with van der Waals surface area (Å²) in [5, 5.41) is 7.48. The number of unbranched alkanes of at least 4 members (excludes halogenated alkanes) is 4. The van der Waals surface area contributed by atoms with Crippen LogP contribution in [0.5, 0.6) is 0 Å². The van der Waals surface area contributed by atoms with Crippen LogP contribution < -0.4 is 0 Å². The highest BCUT2D eigenvalue weighted by atomic mass is 32.2. The van der Waals surface area contributed by atoms with Crippen molar-refractivity contribution in [1.82, 2.24) is 10.2 Å². The molecule has 126 valence electrons. The number of aromatic nitrogens is 2. The van der Waals surface area contributed by atoms with Crippen LogP contribution in [0.15, 0.2) is 12.1 Å². The van der Waals surface area contributed by atoms with Gasteiger partial charge in [-0.2, -0.15) is 16.9 Å². The van der Waals surface area contributed by atoms with Gasteiger partial charge in [0.15, 0.2) is 0 Å². The molecular formula is C19H34N2S. The van der Waals surface area contributed by atoms with Crippen LogP contribution in [0.4, 0.5) is 0 Å². The first kappa shape index (κ1) is 19.3. The molecule has 0 amide bonds. The first-order valence-corrected chi connectivity index (χ1v) is 9.85. The highest BCUT2D eigenvalue weighted by molar-refractivity contribution is 7.99. The zero-order valence-electron chi connectivity index (χ0n) is 15.1. The van der Waals surface area contributed by atoms with Crippen LogP contribution in [0.25, 0.3) is 6.08 Å². The van der Waals surface area contributed by atoms with Crippen molar-refractivity contribution in [2.75, 3.05) is 11.5 Å². The SMILES string of the molecule is CC(C)CSCCCCCC/C=C/c1cc(C(C)(C)C)[nH]n1. The number of aromatic amines is 1. The molecule has 0 saturated carbocycles. The van der Waals surface area contributed by atoms with E-state index < -0.39 is 0 Å². The van der Waals surface area contributed by atoms with E-state index in [1.165, 1.54) is 42.9 Å². The molecule has 0 aliphatic carbocycles. The monoisotopic (exact) mass is 322 g/mol. The first-order chi connectivity index (χ1) is 10.4. The van der Waals surface area contributed by atoms with Gasteiger partial charge in [0.25, 0.3) is 0 Å². The second-order valence-corrected chi connectivity index (χ2v) is 8.68. The number of nitrogens with one attached hydrogen (secondary N) is 1. The topological polar surface area (TPSA) is 28.7 Å². The average Bonchev–Trinajstić information content (AvgIpc) is 2.89. The Bertz CT molecular complexity index is 427. The van der Waals surface area contributed by atoms with Gasteiger partial charge in [-0.15, -0.1) is 0 Å². The summed E-state index contributed by atoms with van der Waals surface area (Å²) in [7, 11) is 0. The van der Waals surface area contributed by atoms with Gasteiger partial charge in [0.1, 0.15) is 0 Å². The minimum Gasteiger partial charge on any atom is -0.281 e. The van der Waals surface area contributed by atoms with Crippen LogP contribution in [0.1, 0.15) is 78.1 Å². The lowest BCUT2D eigenvalue weighted by molar-refractivity contribution is 0.567. The molecule has 0 saturated heterocycles. The Labute approximate surface area is 141 Å². The van der Waals surface area contributed by atoms with Gasteiger partial charge in [-0.1, -0.05) is 53.5 Å². The molecule has 0 unspecified atom stereocenters. The van der Waals surface area contributed by atoms with E-state index >= 15 is 0 Å². The van der Waals surface area contributed by atoms with Crippen molar-refractivity contribution in [2.24, 2.45) is 5.92 Å². The van der Waals surface area contributed by atoms with E-state index in [1.807, 2.05) is 0 Å². The predicted molar refractivity (Wildman–Crippen MR) is 102 cm³/mol. The van der Waals surface area contributed by atoms with Crippen molar-refractivity contribution in [1.29, 1.82) is 0 Å². The van der Waals surface area contributed by atoms with Gasteiger partial charge >= 0.3 is 0 Å². The minimum atomic E-state index is 0.146. The van der Waals surface area contributed by atoms with Gasteiger partial charge in [0, 0.05) is 11.1 Å². The third kappa shape index (κ3) is 8.67. The number of hydrogen-bond donors (Lipinski definition) is 1. The molecule has 0 bridgehead atoms. The zero-order valence-corrected chi connectivity index (χ0v) is 15.9. The van der Waals surface area contributed by atoms with Gasteiger partial charge in [0.05, 0.1) is 5.69 Å². The third-order valence-electron chi connectivity index (χ3n) is 3.55. The van der Waals surface area contributed by atoms with Gasteiger partial charge in [-0.25, -0.2) is 0 Å². The molecule has 0 radical (unpaired) electrons. The normalized spacial score (nSPS) is 12.6. The summed E-state index contributed by atoms with van der Waals surface area (Å²) >= 11 is 2.11. The molecule has 22 heavy (non-hydrogen) atoms. The van der Waals surface area contributed by atoms with Crippen LogP contribution in [-0.2, 0) is 5.41 Å². The maximum absolute atomic E-state index is 4.35. The molecule has 2 nitrogen and oxygen atoms in total. The summed E-state index contributed by atoms with van der Waals surface area (Å²) in [5.41, 5.74) is 2.40. The van der Waals surface area contributed by atoms with Gasteiger partial charge in [-0.3, -0.25) is 5.10 Å². The summed E-state index contributed by atoms with van der Waals surface area (Å²) in [4.78, 5) is 0. The lowest BCUT2D eigenvalue weighted by Gasteiger charge is -2.14. The quantitative estimate of drug-likeness (QED) is 0.530. The summed E-state index contributed by atoms with van der Waals surface area (Å²) in [6.07, 6.45) is 10.9. The molecule has 0 fully saturated rings. The van der Waals surface area contributed by atoms with E-state index in [0.717, 1.165) is 18.0 Å². The fourth-order valence-corrected chi connectivity index (χ4v) is 3.20. The first-order valence-electron chi connectivity index (χ1n) is 8.70. The fraction of sp³-hybridized carbons (Fsp3) is 0.737. The van der Waals surface area contributed by atoms with Crippen LogP contribution in [0.3, 0.4) is 0 Å². The molecule has 0 aliphatic rings. The number of hydrogen-bond acceptors (Lipinski definition) is 2. The van der Waals surface area contributed by atoms with E-state index in [4.69, 9.17) is 0 Å². The number of allylic oxidation sites excluding steroid dienone is 1. The fourth-order valence-electron chi connectivity index (χ4n) is 2.15. The van der Waals surface area contributed by atoms with Gasteiger partial charge < -0.3 is 0 Å². The lowest BCUT2D eigenvalue weighted by atomic mass is 9.92. The van der Waals surface area contributed by atoms with Crippen molar-refractivity contribution in [2.45, 2.75) is 72.1 Å². The van der Waals surface area contributed by atoms with Crippen molar-refractivity contribution in [3.63, 3.8) is 0 Å². The number of thioether (sulfide) groups is 1. The van der Waals surface area contributed by atoms with E-state index in [9.17, 15) is 0 Å². The Balaban J connectivity index is 2.06. The smallest absolute Gasteiger partial charge is 0.0848 e. The average molecular weight is 323 g/mol. The molecule has 1 rings (SSSR count). The standard InChI is InChI=1S/C19H34N2S/c1-16(2)15-22-13-11-9-7-6-8-10-12-17-14-18(21-20-17)19(3,4)5/h10,12,14,16H,6-9,11,13,15H2,1-5H3,(H,20,21)/b12-10+. The molecule has 0 atom stereocenters. The Kier molecular flexibility index (Phi) is 8.92. The van der Waals surface area contributed by atoms with Crippen molar-refractivity contribution in [3.8, 4) is 0 Å². The minimum absolute atomic E-state index is 0.146. The van der Waals surface area contributed by atoms with Crippen molar-refractivity contribution < 1.29 is 0 Å². The molecule has 1 heterocycles. The largest absolute Gasteiger partial charge is 0.281 e. The number of nitrogens with zero attached hydrogens (tertiary/aromatic N) is 1. The Morgan fingerprint density at radius 1 is 1.18 bits per heavy atom. The summed E-state index contributed by atoms with van der Waals surface area (Å²) in [5.74, 6) is 3.47. The van der Waals surface area contributed by atoms with Crippen LogP contribution in [0, 0.1) is 5.92 Å². The predicted octanol–water partition coefficient (Wildman–Crippen LogP) is 6.06. The molecule has 0 spiro atoms. The van der Waals surface area contributed by atoms with Crippen molar-refractivity contribution in [3.05, 3.63) is 23.5 Å². The second kappa shape index (κ2) is 10.1.